The number of anilines is 1. The van der Waals surface area contributed by atoms with Gasteiger partial charge in [0.1, 0.15) is 11.0 Å². The molecule has 8 heteroatoms. The van der Waals surface area contributed by atoms with Crippen molar-refractivity contribution in [3.05, 3.63) is 52.1 Å². The number of nitrogens with zero attached hydrogens (tertiary/aromatic N) is 2. The molecule has 2 aromatic carbocycles. The molecule has 1 saturated heterocycles. The van der Waals surface area contributed by atoms with Crippen LogP contribution in [0.2, 0.25) is 0 Å². The average molecular weight is 523 g/mol. The summed E-state index contributed by atoms with van der Waals surface area (Å²) in [5.41, 5.74) is 1.42. The highest BCUT2D eigenvalue weighted by Gasteiger charge is 2.34. The number of ether oxygens (including phenoxy) is 1. The number of nitrogens with one attached hydrogen (secondary N) is 1. The highest BCUT2D eigenvalue weighted by molar-refractivity contribution is 14.1. The first-order valence-electron chi connectivity index (χ1n) is 9.27. The molecule has 1 heterocycles. The summed E-state index contributed by atoms with van der Waals surface area (Å²) in [6.45, 7) is 2.70. The Labute approximate surface area is 188 Å². The number of aliphatic imine (C=N–C) groups is 1. The summed E-state index contributed by atoms with van der Waals surface area (Å²) in [5, 5.41) is 2.87. The lowest BCUT2D eigenvalue weighted by molar-refractivity contribution is -0.128. The highest BCUT2D eigenvalue weighted by atomic mass is 127. The van der Waals surface area contributed by atoms with Gasteiger partial charge in [0.25, 0.3) is 0 Å². The highest BCUT2D eigenvalue weighted by Crippen LogP contribution is 2.29. The van der Waals surface area contributed by atoms with Crippen LogP contribution in [-0.2, 0) is 9.59 Å². The number of hydrogen-bond donors (Lipinski definition) is 1. The van der Waals surface area contributed by atoms with Gasteiger partial charge in [-0.25, -0.2) is 4.99 Å². The fraction of sp³-hybridized carbons (Fsp3) is 0.286. The van der Waals surface area contributed by atoms with Gasteiger partial charge >= 0.3 is 0 Å². The number of carbonyl (C=O) groups excluding carboxylic acids is 2. The van der Waals surface area contributed by atoms with Gasteiger partial charge in [0.15, 0.2) is 5.17 Å². The SMILES string of the molecule is CCCOc1ccc(NC(=O)C2CC(=O)N(C)C(=Nc3ccc(I)cc3)S2)cc1. The first-order valence-corrected chi connectivity index (χ1v) is 11.2. The van der Waals surface area contributed by atoms with E-state index in [0.717, 1.165) is 21.4 Å². The molecule has 6 nitrogen and oxygen atoms in total. The molecule has 3 rings (SSSR count). The molecule has 0 aliphatic carbocycles. The van der Waals surface area contributed by atoms with Crippen molar-refractivity contribution in [1.29, 1.82) is 0 Å². The fourth-order valence-electron chi connectivity index (χ4n) is 2.60. The van der Waals surface area contributed by atoms with Crippen molar-refractivity contribution in [2.75, 3.05) is 19.0 Å². The van der Waals surface area contributed by atoms with Crippen molar-refractivity contribution in [3.8, 4) is 5.75 Å². The monoisotopic (exact) mass is 523 g/mol. The Morgan fingerprint density at radius 2 is 1.93 bits per heavy atom. The lowest BCUT2D eigenvalue weighted by Crippen LogP contribution is -2.43. The van der Waals surface area contributed by atoms with Crippen molar-refractivity contribution in [3.63, 3.8) is 0 Å². The second-order valence-corrected chi connectivity index (χ2v) is 8.91. The summed E-state index contributed by atoms with van der Waals surface area (Å²) >= 11 is 3.53. The molecule has 0 radical (unpaired) electrons. The molecule has 2 aromatic rings. The van der Waals surface area contributed by atoms with E-state index in [1.54, 1.807) is 19.2 Å². The maximum Gasteiger partial charge on any atom is 0.238 e. The number of rotatable bonds is 6. The van der Waals surface area contributed by atoms with Crippen molar-refractivity contribution >= 4 is 62.7 Å². The second-order valence-electron chi connectivity index (χ2n) is 6.50. The van der Waals surface area contributed by atoms with Gasteiger partial charge in [0, 0.05) is 22.7 Å². The molecule has 152 valence electrons. The van der Waals surface area contributed by atoms with Gasteiger partial charge in [-0.05, 0) is 77.5 Å². The Morgan fingerprint density at radius 1 is 1.24 bits per heavy atom. The number of hydrogen-bond acceptors (Lipinski definition) is 5. The third-order valence-corrected chi connectivity index (χ3v) is 6.17. The van der Waals surface area contributed by atoms with E-state index in [4.69, 9.17) is 4.74 Å². The van der Waals surface area contributed by atoms with Gasteiger partial charge in [-0.1, -0.05) is 18.7 Å². The van der Waals surface area contributed by atoms with Crippen molar-refractivity contribution < 1.29 is 14.3 Å². The minimum Gasteiger partial charge on any atom is -0.494 e. The van der Waals surface area contributed by atoms with Crippen LogP contribution in [0.1, 0.15) is 19.8 Å². The molecule has 1 unspecified atom stereocenters. The van der Waals surface area contributed by atoms with Crippen LogP contribution in [0.25, 0.3) is 0 Å². The lowest BCUT2D eigenvalue weighted by atomic mass is 10.2. The van der Waals surface area contributed by atoms with Crippen LogP contribution in [0.4, 0.5) is 11.4 Å². The first kappa shape index (κ1) is 21.6. The van der Waals surface area contributed by atoms with Gasteiger partial charge in [0.2, 0.25) is 11.8 Å². The molecule has 0 saturated carbocycles. The number of amides is 2. The van der Waals surface area contributed by atoms with Crippen molar-refractivity contribution in [1.82, 2.24) is 4.90 Å². The average Bonchev–Trinajstić information content (AvgIpc) is 2.72. The minimum absolute atomic E-state index is 0.128. The van der Waals surface area contributed by atoms with E-state index in [9.17, 15) is 9.59 Å². The third kappa shape index (κ3) is 5.96. The normalized spacial score (nSPS) is 18.0. The first-order chi connectivity index (χ1) is 14.0. The Kier molecular flexibility index (Phi) is 7.54. The summed E-state index contributed by atoms with van der Waals surface area (Å²) in [6, 6.07) is 14.9. The lowest BCUT2D eigenvalue weighted by Gasteiger charge is -2.28. The van der Waals surface area contributed by atoms with Crippen molar-refractivity contribution in [2.45, 2.75) is 25.0 Å². The van der Waals surface area contributed by atoms with E-state index in [-0.39, 0.29) is 18.2 Å². The topological polar surface area (TPSA) is 71.0 Å². The molecule has 1 fully saturated rings. The van der Waals surface area contributed by atoms with E-state index in [1.807, 2.05) is 43.3 Å². The van der Waals surface area contributed by atoms with E-state index in [0.29, 0.717) is 17.5 Å². The number of amidine groups is 1. The van der Waals surface area contributed by atoms with Crippen LogP contribution in [0.15, 0.2) is 53.5 Å². The van der Waals surface area contributed by atoms with Gasteiger partial charge in [-0.2, -0.15) is 0 Å². The molecule has 29 heavy (non-hydrogen) atoms. The van der Waals surface area contributed by atoms with Crippen molar-refractivity contribution in [2.24, 2.45) is 4.99 Å². The number of benzene rings is 2. The summed E-state index contributed by atoms with van der Waals surface area (Å²) < 4.78 is 6.66. The summed E-state index contributed by atoms with van der Waals surface area (Å²) in [4.78, 5) is 31.2. The van der Waals surface area contributed by atoms with E-state index in [1.165, 1.54) is 16.7 Å². The quantitative estimate of drug-likeness (QED) is 0.559. The zero-order valence-corrected chi connectivity index (χ0v) is 19.2. The molecule has 0 bridgehead atoms. The largest absolute Gasteiger partial charge is 0.494 e. The Bertz CT molecular complexity index is 900. The second kappa shape index (κ2) is 10.1. The molecule has 1 aliphatic rings. The van der Waals surface area contributed by atoms with Crippen LogP contribution < -0.4 is 10.1 Å². The van der Waals surface area contributed by atoms with Gasteiger partial charge in [0.05, 0.1) is 12.3 Å². The smallest absolute Gasteiger partial charge is 0.238 e. The maximum atomic E-state index is 12.7. The number of carbonyl (C=O) groups is 2. The van der Waals surface area contributed by atoms with E-state index >= 15 is 0 Å². The molecule has 1 N–H and O–H groups in total. The zero-order chi connectivity index (χ0) is 20.8. The Hall–Kier alpha value is -2.07. The summed E-state index contributed by atoms with van der Waals surface area (Å²) in [6.07, 6.45) is 1.07. The summed E-state index contributed by atoms with van der Waals surface area (Å²) in [7, 11) is 1.68. The molecule has 1 aliphatic heterocycles. The van der Waals surface area contributed by atoms with Crippen LogP contribution in [0.3, 0.4) is 0 Å². The predicted octanol–water partition coefficient (Wildman–Crippen LogP) is 4.67. The summed E-state index contributed by atoms with van der Waals surface area (Å²) in [5.74, 6) is 0.422. The molecule has 1 atom stereocenters. The van der Waals surface area contributed by atoms with Crippen LogP contribution in [0, 0.1) is 3.57 Å². The van der Waals surface area contributed by atoms with Gasteiger partial charge in [-0.15, -0.1) is 0 Å². The molecule has 2 amide bonds. The fourth-order valence-corrected chi connectivity index (χ4v) is 4.02. The zero-order valence-electron chi connectivity index (χ0n) is 16.2. The van der Waals surface area contributed by atoms with Gasteiger partial charge in [-0.3, -0.25) is 14.5 Å². The van der Waals surface area contributed by atoms with Gasteiger partial charge < -0.3 is 10.1 Å². The Morgan fingerprint density at radius 3 is 2.59 bits per heavy atom. The van der Waals surface area contributed by atoms with Crippen LogP contribution >= 0.6 is 34.4 Å². The van der Waals surface area contributed by atoms with E-state index in [2.05, 4.69) is 32.9 Å². The van der Waals surface area contributed by atoms with E-state index < -0.39 is 5.25 Å². The predicted molar refractivity (Wildman–Crippen MR) is 126 cm³/mol. The standard InChI is InChI=1S/C21H22IN3O3S/c1-3-12-28-17-10-8-15(9-11-17)23-20(27)18-13-19(26)25(2)21(29-18)24-16-6-4-14(22)5-7-16/h4-11,18H,3,12-13H2,1-2H3,(H,23,27). The maximum absolute atomic E-state index is 12.7. The molecular weight excluding hydrogens is 501 g/mol. The molecule has 0 spiro atoms. The Balaban J connectivity index is 1.68. The van der Waals surface area contributed by atoms with Crippen LogP contribution in [0.5, 0.6) is 5.75 Å². The number of halogens is 1. The third-order valence-electron chi connectivity index (χ3n) is 4.21. The molecular formula is C21H22IN3O3S. The minimum atomic E-state index is -0.530. The molecule has 0 aromatic heterocycles. The number of thioether (sulfide) groups is 1. The van der Waals surface area contributed by atoms with Crippen LogP contribution in [-0.4, -0.2) is 40.8 Å².